The normalized spacial score (nSPS) is 13.9. The summed E-state index contributed by atoms with van der Waals surface area (Å²) >= 11 is 0. The largest absolute Gasteiger partial charge is 0.481 e. The Morgan fingerprint density at radius 3 is 1.80 bits per heavy atom. The van der Waals surface area contributed by atoms with Crippen LogP contribution in [0.5, 0.6) is 0 Å². The second-order valence-corrected chi connectivity index (χ2v) is 6.30. The summed E-state index contributed by atoms with van der Waals surface area (Å²) in [5.74, 6) is 0.266. The van der Waals surface area contributed by atoms with Gasteiger partial charge in [-0.05, 0) is 33.1 Å². The van der Waals surface area contributed by atoms with E-state index in [-0.39, 0.29) is 11.8 Å². The molecule has 0 fully saturated rings. The first-order valence-corrected chi connectivity index (χ1v) is 7.91. The number of carbonyl (C=O) groups excluding carboxylic acids is 1. The molecular formula is C17H34O3. The van der Waals surface area contributed by atoms with Crippen LogP contribution >= 0.6 is 0 Å². The highest BCUT2D eigenvalue weighted by Crippen LogP contribution is 2.18. The van der Waals surface area contributed by atoms with Gasteiger partial charge in [-0.3, -0.25) is 9.59 Å². The fourth-order valence-electron chi connectivity index (χ4n) is 1.49. The molecule has 0 bridgehead atoms. The van der Waals surface area contributed by atoms with E-state index in [1.165, 1.54) is 12.8 Å². The van der Waals surface area contributed by atoms with E-state index < -0.39 is 11.4 Å². The summed E-state index contributed by atoms with van der Waals surface area (Å²) < 4.78 is 0. The molecule has 0 amide bonds. The first-order valence-electron chi connectivity index (χ1n) is 7.91. The molecule has 0 rings (SSSR count). The predicted octanol–water partition coefficient (Wildman–Crippen LogP) is 4.94. The van der Waals surface area contributed by atoms with Crippen molar-refractivity contribution >= 4 is 11.8 Å². The molecule has 0 aliphatic carbocycles. The van der Waals surface area contributed by atoms with Gasteiger partial charge in [0, 0.05) is 11.8 Å². The molecule has 0 aliphatic heterocycles. The number of ketones is 1. The van der Waals surface area contributed by atoms with Crippen LogP contribution in [0.4, 0.5) is 0 Å². The predicted molar refractivity (Wildman–Crippen MR) is 84.9 cm³/mol. The number of unbranched alkanes of at least 4 members (excludes halogenated alkanes) is 1. The quantitative estimate of drug-likeness (QED) is 0.688. The van der Waals surface area contributed by atoms with Crippen LogP contribution in [0.15, 0.2) is 0 Å². The molecule has 0 aliphatic rings. The van der Waals surface area contributed by atoms with Gasteiger partial charge in [0.15, 0.2) is 0 Å². The number of Topliss-reactive ketones (excluding diaryl/α,β-unsaturated/α-hetero) is 1. The Hall–Kier alpha value is -0.860. The van der Waals surface area contributed by atoms with E-state index in [2.05, 4.69) is 20.8 Å². The van der Waals surface area contributed by atoms with Gasteiger partial charge >= 0.3 is 5.97 Å². The Morgan fingerprint density at radius 1 is 1.05 bits per heavy atom. The Kier molecular flexibility index (Phi) is 11.7. The molecule has 0 saturated heterocycles. The van der Waals surface area contributed by atoms with Crippen LogP contribution in [-0.4, -0.2) is 16.9 Å². The number of aliphatic carboxylic acids is 1. The van der Waals surface area contributed by atoms with Gasteiger partial charge in [-0.25, -0.2) is 0 Å². The Labute approximate surface area is 125 Å². The lowest BCUT2D eigenvalue weighted by Gasteiger charge is -2.14. The first kappa shape index (κ1) is 21.4. The van der Waals surface area contributed by atoms with Crippen LogP contribution in [0.2, 0.25) is 0 Å². The highest BCUT2D eigenvalue weighted by Gasteiger charge is 2.23. The van der Waals surface area contributed by atoms with Gasteiger partial charge in [0.1, 0.15) is 5.78 Å². The van der Waals surface area contributed by atoms with Crippen molar-refractivity contribution in [2.75, 3.05) is 0 Å². The number of carboxylic acid groups (broad SMARTS) is 1. The van der Waals surface area contributed by atoms with Crippen molar-refractivity contribution in [1.29, 1.82) is 0 Å². The van der Waals surface area contributed by atoms with E-state index in [4.69, 9.17) is 5.11 Å². The van der Waals surface area contributed by atoms with E-state index in [1.807, 2.05) is 13.8 Å². The van der Waals surface area contributed by atoms with Gasteiger partial charge in [-0.15, -0.1) is 0 Å². The molecular weight excluding hydrogens is 252 g/mol. The van der Waals surface area contributed by atoms with Crippen molar-refractivity contribution in [3.8, 4) is 0 Å². The molecule has 120 valence electrons. The molecule has 20 heavy (non-hydrogen) atoms. The average Bonchev–Trinajstić information content (AvgIpc) is 2.43. The van der Waals surface area contributed by atoms with Gasteiger partial charge in [0.25, 0.3) is 0 Å². The van der Waals surface area contributed by atoms with Crippen molar-refractivity contribution < 1.29 is 14.7 Å². The van der Waals surface area contributed by atoms with Gasteiger partial charge in [-0.2, -0.15) is 0 Å². The van der Waals surface area contributed by atoms with Crippen LogP contribution in [0.25, 0.3) is 0 Å². The maximum atomic E-state index is 11.6. The SMILES string of the molecule is CCC(C)(C)C(=O)O.CCCCC(C)C(=O)C(C)CC. The zero-order valence-electron chi connectivity index (χ0n) is 14.5. The highest BCUT2D eigenvalue weighted by atomic mass is 16.4. The molecule has 0 radical (unpaired) electrons. The molecule has 0 spiro atoms. The lowest BCUT2D eigenvalue weighted by atomic mass is 9.90. The number of rotatable bonds is 8. The smallest absolute Gasteiger partial charge is 0.309 e. The summed E-state index contributed by atoms with van der Waals surface area (Å²) in [6.45, 7) is 13.6. The second kappa shape index (κ2) is 10.9. The average molecular weight is 286 g/mol. The second-order valence-electron chi connectivity index (χ2n) is 6.30. The van der Waals surface area contributed by atoms with Crippen LogP contribution in [0.1, 0.15) is 80.6 Å². The van der Waals surface area contributed by atoms with E-state index in [9.17, 15) is 9.59 Å². The van der Waals surface area contributed by atoms with Gasteiger partial charge < -0.3 is 5.11 Å². The number of hydrogen-bond acceptors (Lipinski definition) is 2. The molecule has 3 heteroatoms. The molecule has 2 unspecified atom stereocenters. The monoisotopic (exact) mass is 286 g/mol. The zero-order chi connectivity index (χ0) is 16.3. The minimum Gasteiger partial charge on any atom is -0.481 e. The minimum atomic E-state index is -0.722. The summed E-state index contributed by atoms with van der Waals surface area (Å²) in [5, 5.41) is 8.44. The third-order valence-electron chi connectivity index (χ3n) is 4.04. The third kappa shape index (κ3) is 9.11. The molecule has 0 aromatic heterocycles. The first-order chi connectivity index (χ1) is 9.13. The van der Waals surface area contributed by atoms with Crippen LogP contribution < -0.4 is 0 Å². The summed E-state index contributed by atoms with van der Waals surface area (Å²) in [7, 11) is 0. The number of carboxylic acids is 1. The topological polar surface area (TPSA) is 54.4 Å². The molecule has 1 N–H and O–H groups in total. The van der Waals surface area contributed by atoms with Gasteiger partial charge in [0.2, 0.25) is 0 Å². The summed E-state index contributed by atoms with van der Waals surface area (Å²) in [6, 6.07) is 0. The molecule has 0 aromatic rings. The van der Waals surface area contributed by atoms with E-state index in [0.717, 1.165) is 12.8 Å². The van der Waals surface area contributed by atoms with Crippen LogP contribution in [0.3, 0.4) is 0 Å². The minimum absolute atomic E-state index is 0.261. The Bertz CT molecular complexity index is 282. The standard InChI is InChI=1S/C11H22O.C6H12O2/c1-5-7-8-10(4)11(12)9(3)6-2;1-4-6(2,3)5(7)8/h9-10H,5-8H2,1-4H3;4H2,1-3H3,(H,7,8). The molecule has 0 heterocycles. The van der Waals surface area contributed by atoms with Crippen LogP contribution in [-0.2, 0) is 9.59 Å². The lowest BCUT2D eigenvalue weighted by Crippen LogP contribution is -2.21. The molecule has 0 aromatic carbocycles. The zero-order valence-corrected chi connectivity index (χ0v) is 14.5. The Balaban J connectivity index is 0. The van der Waals surface area contributed by atoms with Crippen molar-refractivity contribution in [1.82, 2.24) is 0 Å². The van der Waals surface area contributed by atoms with Crippen molar-refractivity contribution in [2.24, 2.45) is 17.3 Å². The molecule has 2 atom stereocenters. The van der Waals surface area contributed by atoms with E-state index in [1.54, 1.807) is 13.8 Å². The van der Waals surface area contributed by atoms with E-state index >= 15 is 0 Å². The summed E-state index contributed by atoms with van der Waals surface area (Å²) in [4.78, 5) is 21.8. The van der Waals surface area contributed by atoms with Crippen molar-refractivity contribution in [3.63, 3.8) is 0 Å². The maximum Gasteiger partial charge on any atom is 0.309 e. The van der Waals surface area contributed by atoms with Crippen LogP contribution in [0, 0.1) is 17.3 Å². The van der Waals surface area contributed by atoms with Gasteiger partial charge in [0.05, 0.1) is 5.41 Å². The molecule has 3 nitrogen and oxygen atoms in total. The molecule has 0 saturated carbocycles. The fraction of sp³-hybridized carbons (Fsp3) is 0.882. The fourth-order valence-corrected chi connectivity index (χ4v) is 1.49. The maximum absolute atomic E-state index is 11.6. The highest BCUT2D eigenvalue weighted by molar-refractivity contribution is 5.82. The number of carbonyl (C=O) groups is 2. The van der Waals surface area contributed by atoms with Crippen molar-refractivity contribution in [3.05, 3.63) is 0 Å². The Morgan fingerprint density at radius 2 is 1.55 bits per heavy atom. The van der Waals surface area contributed by atoms with Crippen molar-refractivity contribution in [2.45, 2.75) is 80.6 Å². The lowest BCUT2D eigenvalue weighted by molar-refractivity contribution is -0.147. The van der Waals surface area contributed by atoms with E-state index in [0.29, 0.717) is 12.2 Å². The number of hydrogen-bond donors (Lipinski definition) is 1. The summed E-state index contributed by atoms with van der Waals surface area (Å²) in [5.41, 5.74) is -0.542. The summed E-state index contributed by atoms with van der Waals surface area (Å²) in [6.07, 6.45) is 5.11. The van der Waals surface area contributed by atoms with Gasteiger partial charge in [-0.1, -0.05) is 47.5 Å². The third-order valence-corrected chi connectivity index (χ3v) is 4.04.